The molecule has 0 aliphatic carbocycles. The summed E-state index contributed by atoms with van der Waals surface area (Å²) >= 11 is 1.32. The third kappa shape index (κ3) is 3.14. The Balaban J connectivity index is 1.88. The van der Waals surface area contributed by atoms with Crippen LogP contribution in [0.2, 0.25) is 0 Å². The highest BCUT2D eigenvalue weighted by atomic mass is 32.1. The number of carboxylic acid groups (broad SMARTS) is 1. The van der Waals surface area contributed by atoms with Crippen molar-refractivity contribution >= 4 is 23.0 Å². The normalized spacial score (nSPS) is 21.6. The van der Waals surface area contributed by atoms with Crippen molar-refractivity contribution in [2.24, 2.45) is 11.8 Å². The lowest BCUT2D eigenvalue weighted by Gasteiger charge is -2.20. The van der Waals surface area contributed by atoms with Crippen LogP contribution in [0, 0.1) is 11.8 Å². The number of aliphatic carboxylic acids is 1. The minimum atomic E-state index is -4.53. The first-order valence-electron chi connectivity index (χ1n) is 6.77. The van der Waals surface area contributed by atoms with E-state index in [9.17, 15) is 18.0 Å². The predicted molar refractivity (Wildman–Crippen MR) is 78.2 cm³/mol. The van der Waals surface area contributed by atoms with Gasteiger partial charge in [-0.15, -0.1) is 10.2 Å². The molecule has 0 amide bonds. The summed E-state index contributed by atoms with van der Waals surface area (Å²) in [4.78, 5) is 12.6. The Morgan fingerprint density at radius 2 is 2.13 bits per heavy atom. The van der Waals surface area contributed by atoms with E-state index in [2.05, 4.69) is 10.2 Å². The zero-order chi connectivity index (χ0) is 16.6. The van der Waals surface area contributed by atoms with Crippen LogP contribution < -0.4 is 4.90 Å². The maximum absolute atomic E-state index is 13.1. The number of nitrogens with zero attached hydrogens (tertiary/aromatic N) is 3. The molecule has 1 aromatic heterocycles. The molecule has 1 fully saturated rings. The van der Waals surface area contributed by atoms with Gasteiger partial charge in [0.2, 0.25) is 0 Å². The second kappa shape index (κ2) is 5.80. The van der Waals surface area contributed by atoms with Crippen molar-refractivity contribution in [2.45, 2.75) is 6.18 Å². The first kappa shape index (κ1) is 15.7. The molecule has 1 N–H and O–H groups in total. The fraction of sp³-hybridized carbons (Fsp3) is 0.357. The molecule has 0 radical (unpaired) electrons. The monoisotopic (exact) mass is 343 g/mol. The van der Waals surface area contributed by atoms with Gasteiger partial charge in [0.15, 0.2) is 0 Å². The number of aromatic nitrogens is 2. The van der Waals surface area contributed by atoms with Crippen molar-refractivity contribution < 1.29 is 23.1 Å². The molecule has 5 nitrogen and oxygen atoms in total. The van der Waals surface area contributed by atoms with E-state index >= 15 is 0 Å². The van der Waals surface area contributed by atoms with Gasteiger partial charge in [-0.1, -0.05) is 23.5 Å². The van der Waals surface area contributed by atoms with E-state index in [1.165, 1.54) is 16.2 Å². The van der Waals surface area contributed by atoms with Crippen LogP contribution in [0.5, 0.6) is 0 Å². The Hall–Kier alpha value is -2.16. The highest BCUT2D eigenvalue weighted by Gasteiger charge is 2.52. The highest BCUT2D eigenvalue weighted by molar-refractivity contribution is 7.12. The lowest BCUT2D eigenvalue weighted by Crippen LogP contribution is -2.33. The molecule has 1 aliphatic heterocycles. The minimum Gasteiger partial charge on any atom is -0.481 e. The van der Waals surface area contributed by atoms with E-state index in [1.54, 1.807) is 29.8 Å². The van der Waals surface area contributed by atoms with E-state index in [1.807, 2.05) is 0 Å². The molecule has 3 rings (SSSR count). The van der Waals surface area contributed by atoms with Crippen molar-refractivity contribution in [1.82, 2.24) is 10.2 Å². The number of benzene rings is 1. The summed E-state index contributed by atoms with van der Waals surface area (Å²) in [7, 11) is 0. The van der Waals surface area contributed by atoms with E-state index in [4.69, 9.17) is 5.11 Å². The van der Waals surface area contributed by atoms with E-state index in [-0.39, 0.29) is 13.1 Å². The summed E-state index contributed by atoms with van der Waals surface area (Å²) in [5.41, 5.74) is 2.86. The Morgan fingerprint density at radius 3 is 2.70 bits per heavy atom. The average molecular weight is 343 g/mol. The second-order valence-corrected chi connectivity index (χ2v) is 6.13. The Labute approximate surface area is 133 Å². The van der Waals surface area contributed by atoms with Gasteiger partial charge in [-0.25, -0.2) is 0 Å². The number of carbonyl (C=O) groups is 1. The summed E-state index contributed by atoms with van der Waals surface area (Å²) in [6, 6.07) is 6.87. The quantitative estimate of drug-likeness (QED) is 0.928. The number of carboxylic acids is 1. The molecule has 2 heterocycles. The zero-order valence-electron chi connectivity index (χ0n) is 11.7. The van der Waals surface area contributed by atoms with Gasteiger partial charge in [0, 0.05) is 24.3 Å². The van der Waals surface area contributed by atoms with Gasteiger partial charge in [0.1, 0.15) is 10.5 Å². The Morgan fingerprint density at radius 1 is 1.35 bits per heavy atom. The molecule has 23 heavy (non-hydrogen) atoms. The first-order valence-corrected chi connectivity index (χ1v) is 7.65. The van der Waals surface area contributed by atoms with Gasteiger partial charge in [-0.2, -0.15) is 13.2 Å². The molecule has 0 unspecified atom stereocenters. The van der Waals surface area contributed by atoms with Crippen LogP contribution in [0.1, 0.15) is 0 Å². The fourth-order valence-electron chi connectivity index (χ4n) is 2.73. The lowest BCUT2D eigenvalue weighted by atomic mass is 9.96. The SMILES string of the molecule is O=C(O)[C@@H]1CN(c2cccc(-c3nncs3)c2)C[C@H]1C(F)(F)F. The first-order chi connectivity index (χ1) is 10.9. The Kier molecular flexibility index (Phi) is 3.97. The lowest BCUT2D eigenvalue weighted by molar-refractivity contribution is -0.187. The summed E-state index contributed by atoms with van der Waals surface area (Å²) in [5, 5.41) is 17.4. The number of halogens is 3. The minimum absolute atomic E-state index is 0.168. The van der Waals surface area contributed by atoms with Crippen LogP contribution >= 0.6 is 11.3 Å². The van der Waals surface area contributed by atoms with Crippen LogP contribution in [0.4, 0.5) is 18.9 Å². The number of alkyl halides is 3. The van der Waals surface area contributed by atoms with Gasteiger partial charge in [0.25, 0.3) is 0 Å². The second-order valence-electron chi connectivity index (χ2n) is 5.29. The zero-order valence-corrected chi connectivity index (χ0v) is 12.5. The molecule has 1 aliphatic rings. The molecule has 0 saturated carbocycles. The average Bonchev–Trinajstić information content (AvgIpc) is 3.16. The molecule has 2 aromatic rings. The van der Waals surface area contributed by atoms with Crippen LogP contribution in [-0.2, 0) is 4.79 Å². The number of rotatable bonds is 3. The third-order valence-corrected chi connectivity index (χ3v) is 4.62. The van der Waals surface area contributed by atoms with Crippen LogP contribution in [0.3, 0.4) is 0 Å². The molecule has 1 aromatic carbocycles. The smallest absolute Gasteiger partial charge is 0.394 e. The predicted octanol–water partition coefficient (Wildman–Crippen LogP) is 2.90. The topological polar surface area (TPSA) is 66.3 Å². The summed E-state index contributed by atoms with van der Waals surface area (Å²) < 4.78 is 39.2. The third-order valence-electron chi connectivity index (χ3n) is 3.88. The van der Waals surface area contributed by atoms with Gasteiger partial charge in [-0.05, 0) is 12.1 Å². The van der Waals surface area contributed by atoms with Gasteiger partial charge in [0.05, 0.1) is 11.8 Å². The van der Waals surface area contributed by atoms with Crippen molar-refractivity contribution in [3.8, 4) is 10.6 Å². The molecule has 0 bridgehead atoms. The highest BCUT2D eigenvalue weighted by Crippen LogP contribution is 2.40. The van der Waals surface area contributed by atoms with E-state index < -0.39 is 24.0 Å². The molecule has 0 spiro atoms. The number of anilines is 1. The fourth-order valence-corrected chi connectivity index (χ4v) is 3.28. The van der Waals surface area contributed by atoms with Gasteiger partial charge < -0.3 is 10.0 Å². The van der Waals surface area contributed by atoms with Crippen molar-refractivity contribution in [2.75, 3.05) is 18.0 Å². The largest absolute Gasteiger partial charge is 0.481 e. The molecule has 9 heteroatoms. The maximum Gasteiger partial charge on any atom is 0.394 e. The molecule has 1 saturated heterocycles. The standard InChI is InChI=1S/C14H12F3N3O2S/c15-14(16,17)11-6-20(5-10(11)13(21)22)9-3-1-2-8(4-9)12-19-18-7-23-12/h1-4,7,10-11H,5-6H2,(H,21,22)/t10-,11-/m1/s1. The Bertz CT molecular complexity index is 706. The van der Waals surface area contributed by atoms with Crippen LogP contribution in [0.15, 0.2) is 29.8 Å². The summed E-state index contributed by atoms with van der Waals surface area (Å²) in [6.45, 7) is -0.529. The van der Waals surface area contributed by atoms with Crippen LogP contribution in [-0.4, -0.2) is 40.5 Å². The number of hydrogen-bond acceptors (Lipinski definition) is 5. The van der Waals surface area contributed by atoms with Crippen molar-refractivity contribution in [3.05, 3.63) is 29.8 Å². The molecule has 2 atom stereocenters. The van der Waals surface area contributed by atoms with Crippen molar-refractivity contribution in [1.29, 1.82) is 0 Å². The summed E-state index contributed by atoms with van der Waals surface area (Å²) in [6.07, 6.45) is -4.53. The maximum atomic E-state index is 13.1. The van der Waals surface area contributed by atoms with Crippen molar-refractivity contribution in [3.63, 3.8) is 0 Å². The number of hydrogen-bond donors (Lipinski definition) is 1. The van der Waals surface area contributed by atoms with E-state index in [0.717, 1.165) is 5.56 Å². The van der Waals surface area contributed by atoms with Gasteiger partial charge in [-0.3, -0.25) is 4.79 Å². The molecular formula is C14H12F3N3O2S. The molecule has 122 valence electrons. The summed E-state index contributed by atoms with van der Waals surface area (Å²) in [5.74, 6) is -4.75. The van der Waals surface area contributed by atoms with Gasteiger partial charge >= 0.3 is 12.1 Å². The molecular weight excluding hydrogens is 331 g/mol. The van der Waals surface area contributed by atoms with Crippen LogP contribution in [0.25, 0.3) is 10.6 Å². The van der Waals surface area contributed by atoms with E-state index in [0.29, 0.717) is 10.7 Å².